The van der Waals surface area contributed by atoms with Gasteiger partial charge in [0.25, 0.3) is 0 Å². The van der Waals surface area contributed by atoms with E-state index in [1.165, 1.54) is 19.3 Å². The SMILES string of the molecule is COc1ccnc(N2CCCCC2c2nnc3n2CCCC3)n1. The summed E-state index contributed by atoms with van der Waals surface area (Å²) in [5.41, 5.74) is 0. The number of anilines is 1. The van der Waals surface area contributed by atoms with Crippen LogP contribution >= 0.6 is 0 Å². The Labute approximate surface area is 135 Å². The molecule has 23 heavy (non-hydrogen) atoms. The van der Waals surface area contributed by atoms with Crippen LogP contribution in [0, 0.1) is 0 Å². The fourth-order valence-corrected chi connectivity index (χ4v) is 3.60. The lowest BCUT2D eigenvalue weighted by atomic mass is 10.0. The van der Waals surface area contributed by atoms with E-state index in [9.17, 15) is 0 Å². The van der Waals surface area contributed by atoms with Gasteiger partial charge in [0.1, 0.15) is 5.82 Å². The zero-order chi connectivity index (χ0) is 15.6. The Morgan fingerprint density at radius 1 is 1.13 bits per heavy atom. The lowest BCUT2D eigenvalue weighted by molar-refractivity contribution is 0.390. The molecule has 0 bridgehead atoms. The van der Waals surface area contributed by atoms with E-state index in [1.807, 2.05) is 0 Å². The summed E-state index contributed by atoms with van der Waals surface area (Å²) in [4.78, 5) is 11.2. The van der Waals surface area contributed by atoms with Gasteiger partial charge in [0.15, 0.2) is 5.82 Å². The molecule has 0 spiro atoms. The van der Waals surface area contributed by atoms with E-state index in [0.717, 1.165) is 49.9 Å². The zero-order valence-corrected chi connectivity index (χ0v) is 13.5. The Balaban J connectivity index is 1.69. The Morgan fingerprint density at radius 2 is 2.04 bits per heavy atom. The van der Waals surface area contributed by atoms with Crippen LogP contribution in [0.15, 0.2) is 12.3 Å². The first-order chi connectivity index (χ1) is 11.4. The lowest BCUT2D eigenvalue weighted by Gasteiger charge is -2.35. The predicted molar refractivity (Wildman–Crippen MR) is 85.5 cm³/mol. The van der Waals surface area contributed by atoms with Crippen LogP contribution in [0.4, 0.5) is 5.95 Å². The van der Waals surface area contributed by atoms with Crippen molar-refractivity contribution in [3.05, 3.63) is 23.9 Å². The molecular weight excluding hydrogens is 292 g/mol. The number of aryl methyl sites for hydroxylation is 1. The third kappa shape index (κ3) is 2.64. The number of aromatic nitrogens is 5. The minimum Gasteiger partial charge on any atom is -0.481 e. The van der Waals surface area contributed by atoms with Crippen molar-refractivity contribution in [3.8, 4) is 5.88 Å². The fourth-order valence-electron chi connectivity index (χ4n) is 3.60. The van der Waals surface area contributed by atoms with E-state index in [2.05, 4.69) is 29.6 Å². The Bertz CT molecular complexity index is 685. The summed E-state index contributed by atoms with van der Waals surface area (Å²) < 4.78 is 7.56. The van der Waals surface area contributed by atoms with E-state index < -0.39 is 0 Å². The standard InChI is InChI=1S/C16H22N6O/c1-23-14-8-9-17-16(18-14)21-10-4-2-6-12(21)15-20-19-13-7-3-5-11-22(13)15/h8-9,12H,2-7,10-11H2,1H3. The molecule has 4 heterocycles. The van der Waals surface area contributed by atoms with Crippen LogP contribution in [-0.4, -0.2) is 38.4 Å². The molecule has 7 nitrogen and oxygen atoms in total. The number of nitrogens with zero attached hydrogens (tertiary/aromatic N) is 6. The van der Waals surface area contributed by atoms with E-state index in [4.69, 9.17) is 4.74 Å². The van der Waals surface area contributed by atoms with Crippen molar-refractivity contribution >= 4 is 5.95 Å². The molecule has 7 heteroatoms. The molecular formula is C16H22N6O. The maximum absolute atomic E-state index is 5.25. The van der Waals surface area contributed by atoms with Gasteiger partial charge in [-0.2, -0.15) is 4.98 Å². The summed E-state index contributed by atoms with van der Waals surface area (Å²) in [5.74, 6) is 3.53. The predicted octanol–water partition coefficient (Wildman–Crippen LogP) is 2.14. The van der Waals surface area contributed by atoms with Gasteiger partial charge in [-0.1, -0.05) is 0 Å². The lowest BCUT2D eigenvalue weighted by Crippen LogP contribution is -2.36. The van der Waals surface area contributed by atoms with Crippen molar-refractivity contribution < 1.29 is 4.74 Å². The van der Waals surface area contributed by atoms with Crippen molar-refractivity contribution in [2.45, 2.75) is 51.1 Å². The zero-order valence-electron chi connectivity index (χ0n) is 13.5. The van der Waals surface area contributed by atoms with Crippen molar-refractivity contribution in [3.63, 3.8) is 0 Å². The van der Waals surface area contributed by atoms with Crippen LogP contribution in [0.2, 0.25) is 0 Å². The van der Waals surface area contributed by atoms with Crippen LogP contribution in [-0.2, 0) is 13.0 Å². The van der Waals surface area contributed by atoms with Gasteiger partial charge in [-0.15, -0.1) is 10.2 Å². The summed E-state index contributed by atoms with van der Waals surface area (Å²) in [5, 5.41) is 8.94. The summed E-state index contributed by atoms with van der Waals surface area (Å²) in [6.07, 6.45) is 8.64. The van der Waals surface area contributed by atoms with Gasteiger partial charge in [0.2, 0.25) is 11.8 Å². The number of ether oxygens (including phenoxy) is 1. The first kappa shape index (κ1) is 14.4. The molecule has 1 fully saturated rings. The fraction of sp³-hybridized carbons (Fsp3) is 0.625. The highest BCUT2D eigenvalue weighted by molar-refractivity contribution is 5.36. The quantitative estimate of drug-likeness (QED) is 0.864. The molecule has 2 aromatic heterocycles. The van der Waals surface area contributed by atoms with Crippen LogP contribution in [0.1, 0.15) is 49.8 Å². The van der Waals surface area contributed by atoms with E-state index in [1.54, 1.807) is 19.4 Å². The molecule has 0 aliphatic carbocycles. The van der Waals surface area contributed by atoms with Gasteiger partial charge >= 0.3 is 0 Å². The molecule has 122 valence electrons. The topological polar surface area (TPSA) is 69.0 Å². The highest BCUT2D eigenvalue weighted by Crippen LogP contribution is 2.34. The van der Waals surface area contributed by atoms with Crippen LogP contribution in [0.25, 0.3) is 0 Å². The van der Waals surface area contributed by atoms with Gasteiger partial charge in [0.05, 0.1) is 13.2 Å². The van der Waals surface area contributed by atoms with Crippen LogP contribution in [0.5, 0.6) is 5.88 Å². The second-order valence-corrected chi connectivity index (χ2v) is 6.19. The molecule has 1 atom stereocenters. The van der Waals surface area contributed by atoms with Gasteiger partial charge in [-0.05, 0) is 32.1 Å². The largest absolute Gasteiger partial charge is 0.481 e. The van der Waals surface area contributed by atoms with Gasteiger partial charge in [-0.3, -0.25) is 0 Å². The molecule has 2 aromatic rings. The molecule has 0 aromatic carbocycles. The number of hydrogen-bond acceptors (Lipinski definition) is 6. The first-order valence-corrected chi connectivity index (χ1v) is 8.42. The minimum absolute atomic E-state index is 0.204. The smallest absolute Gasteiger partial charge is 0.229 e. The first-order valence-electron chi connectivity index (χ1n) is 8.42. The second kappa shape index (κ2) is 6.14. The molecule has 4 rings (SSSR count). The highest BCUT2D eigenvalue weighted by Gasteiger charge is 2.31. The average Bonchev–Trinajstić information content (AvgIpc) is 3.06. The molecule has 2 aliphatic rings. The number of piperidine rings is 1. The highest BCUT2D eigenvalue weighted by atomic mass is 16.5. The van der Waals surface area contributed by atoms with Gasteiger partial charge < -0.3 is 14.2 Å². The molecule has 1 saturated heterocycles. The van der Waals surface area contributed by atoms with Crippen molar-refractivity contribution in [2.24, 2.45) is 0 Å². The van der Waals surface area contributed by atoms with Crippen LogP contribution in [0.3, 0.4) is 0 Å². The molecule has 2 aliphatic heterocycles. The van der Waals surface area contributed by atoms with Crippen molar-refractivity contribution in [1.29, 1.82) is 0 Å². The normalized spacial score (nSPS) is 21.1. The van der Waals surface area contributed by atoms with E-state index in [-0.39, 0.29) is 6.04 Å². The maximum Gasteiger partial charge on any atom is 0.229 e. The minimum atomic E-state index is 0.204. The summed E-state index contributed by atoms with van der Waals surface area (Å²) in [7, 11) is 1.63. The summed E-state index contributed by atoms with van der Waals surface area (Å²) in [6, 6.07) is 1.98. The summed E-state index contributed by atoms with van der Waals surface area (Å²) >= 11 is 0. The molecule has 1 unspecified atom stereocenters. The molecule has 0 amide bonds. The average molecular weight is 314 g/mol. The van der Waals surface area contributed by atoms with Gasteiger partial charge in [-0.25, -0.2) is 4.98 Å². The Hall–Kier alpha value is -2.18. The second-order valence-electron chi connectivity index (χ2n) is 6.19. The van der Waals surface area contributed by atoms with E-state index >= 15 is 0 Å². The van der Waals surface area contributed by atoms with E-state index in [0.29, 0.717) is 5.88 Å². The number of fused-ring (bicyclic) bond motifs is 1. The third-order valence-corrected chi connectivity index (χ3v) is 4.77. The maximum atomic E-state index is 5.25. The van der Waals surface area contributed by atoms with Gasteiger partial charge in [0, 0.05) is 31.8 Å². The molecule has 0 N–H and O–H groups in total. The number of rotatable bonds is 3. The van der Waals surface area contributed by atoms with Crippen LogP contribution < -0.4 is 9.64 Å². The third-order valence-electron chi connectivity index (χ3n) is 4.77. The number of hydrogen-bond donors (Lipinski definition) is 0. The monoisotopic (exact) mass is 314 g/mol. The van der Waals surface area contributed by atoms with Crippen molar-refractivity contribution in [2.75, 3.05) is 18.6 Å². The number of methoxy groups -OCH3 is 1. The molecule has 0 radical (unpaired) electrons. The Kier molecular flexibility index (Phi) is 3.85. The Morgan fingerprint density at radius 3 is 2.96 bits per heavy atom. The van der Waals surface area contributed by atoms with Crippen molar-refractivity contribution in [1.82, 2.24) is 24.7 Å². The molecule has 0 saturated carbocycles. The summed E-state index contributed by atoms with van der Waals surface area (Å²) in [6.45, 7) is 1.97.